The average Bonchev–Trinajstić information content (AvgIpc) is 2.37. The van der Waals surface area contributed by atoms with E-state index >= 15 is 0 Å². The lowest BCUT2D eigenvalue weighted by Gasteiger charge is -2.11. The minimum Gasteiger partial charge on any atom is -0.423 e. The molecular formula is C12H14BNO4. The molecular weight excluding hydrogens is 233 g/mol. The molecule has 0 unspecified atom stereocenters. The number of aliphatic hydroxyl groups is 1. The summed E-state index contributed by atoms with van der Waals surface area (Å²) in [6.07, 6.45) is 2.22. The molecule has 2 aromatic rings. The van der Waals surface area contributed by atoms with Gasteiger partial charge in [0.2, 0.25) is 0 Å². The van der Waals surface area contributed by atoms with E-state index in [0.29, 0.717) is 29.3 Å². The highest BCUT2D eigenvalue weighted by molar-refractivity contribution is 6.58. The zero-order chi connectivity index (χ0) is 13.1. The number of aliphatic hydroxyl groups excluding tert-OH is 1. The molecule has 0 atom stereocenters. The van der Waals surface area contributed by atoms with Crippen molar-refractivity contribution in [3.63, 3.8) is 0 Å². The van der Waals surface area contributed by atoms with Gasteiger partial charge in [-0.1, -0.05) is 6.07 Å². The molecule has 0 saturated carbocycles. The maximum atomic E-state index is 11.7. The first-order valence-electron chi connectivity index (χ1n) is 5.73. The zero-order valence-electron chi connectivity index (χ0n) is 9.78. The van der Waals surface area contributed by atoms with Gasteiger partial charge in [0.05, 0.1) is 5.52 Å². The van der Waals surface area contributed by atoms with Crippen molar-refractivity contribution in [3.8, 4) is 0 Å². The van der Waals surface area contributed by atoms with Gasteiger partial charge in [-0.3, -0.25) is 4.79 Å². The van der Waals surface area contributed by atoms with Crippen LogP contribution in [-0.2, 0) is 6.54 Å². The number of pyridine rings is 1. The second-order valence-electron chi connectivity index (χ2n) is 4.10. The molecule has 0 fully saturated rings. The summed E-state index contributed by atoms with van der Waals surface area (Å²) in [5, 5.41) is 27.7. The van der Waals surface area contributed by atoms with Gasteiger partial charge in [-0.25, -0.2) is 0 Å². The number of nitrogens with zero attached hydrogens (tertiary/aromatic N) is 1. The van der Waals surface area contributed by atoms with Crippen LogP contribution in [0.2, 0.25) is 0 Å². The van der Waals surface area contributed by atoms with Crippen LogP contribution in [0.1, 0.15) is 6.42 Å². The third-order valence-corrected chi connectivity index (χ3v) is 2.86. The lowest BCUT2D eigenvalue weighted by Crippen LogP contribution is -2.30. The molecule has 18 heavy (non-hydrogen) atoms. The Morgan fingerprint density at radius 2 is 2.00 bits per heavy atom. The largest absolute Gasteiger partial charge is 0.488 e. The average molecular weight is 247 g/mol. The molecule has 0 aliphatic rings. The third kappa shape index (κ3) is 2.45. The summed E-state index contributed by atoms with van der Waals surface area (Å²) in [5.41, 5.74) is 0.872. The second kappa shape index (κ2) is 5.35. The molecule has 0 bridgehead atoms. The van der Waals surface area contributed by atoms with Gasteiger partial charge in [-0.2, -0.15) is 0 Å². The predicted octanol–water partition coefficient (Wildman–Crippen LogP) is -0.936. The van der Waals surface area contributed by atoms with Gasteiger partial charge >= 0.3 is 7.12 Å². The number of hydrogen-bond acceptors (Lipinski definition) is 4. The van der Waals surface area contributed by atoms with Gasteiger partial charge in [-0.15, -0.1) is 0 Å². The molecule has 2 rings (SSSR count). The lowest BCUT2D eigenvalue weighted by molar-refractivity contribution is 0.280. The van der Waals surface area contributed by atoms with E-state index in [1.807, 2.05) is 4.57 Å². The summed E-state index contributed by atoms with van der Waals surface area (Å²) >= 11 is 0. The molecule has 0 aliphatic heterocycles. The van der Waals surface area contributed by atoms with Crippen LogP contribution in [0, 0.1) is 0 Å². The fraction of sp³-hybridized carbons (Fsp3) is 0.250. The van der Waals surface area contributed by atoms with Crippen molar-refractivity contribution in [3.05, 3.63) is 40.7 Å². The highest BCUT2D eigenvalue weighted by atomic mass is 16.4. The molecule has 1 aromatic carbocycles. The molecule has 0 aliphatic carbocycles. The van der Waals surface area contributed by atoms with E-state index in [2.05, 4.69) is 0 Å². The Bertz CT molecular complexity index is 609. The summed E-state index contributed by atoms with van der Waals surface area (Å²) in [7, 11) is -1.56. The smallest absolute Gasteiger partial charge is 0.423 e. The highest BCUT2D eigenvalue weighted by Crippen LogP contribution is 2.09. The van der Waals surface area contributed by atoms with Crippen molar-refractivity contribution in [2.75, 3.05) is 6.61 Å². The van der Waals surface area contributed by atoms with Gasteiger partial charge in [0.15, 0.2) is 5.43 Å². The molecule has 0 amide bonds. The number of hydrogen-bond donors (Lipinski definition) is 3. The van der Waals surface area contributed by atoms with Gasteiger partial charge in [0.25, 0.3) is 0 Å². The molecule has 0 saturated heterocycles. The van der Waals surface area contributed by atoms with Crippen LogP contribution in [0.3, 0.4) is 0 Å². The number of fused-ring (bicyclic) bond motifs is 1. The monoisotopic (exact) mass is 247 g/mol. The van der Waals surface area contributed by atoms with Crippen molar-refractivity contribution in [1.29, 1.82) is 0 Å². The van der Waals surface area contributed by atoms with Crippen molar-refractivity contribution >= 4 is 23.5 Å². The van der Waals surface area contributed by atoms with Crippen molar-refractivity contribution < 1.29 is 15.2 Å². The van der Waals surface area contributed by atoms with Gasteiger partial charge < -0.3 is 19.7 Å². The van der Waals surface area contributed by atoms with E-state index < -0.39 is 7.12 Å². The number of benzene rings is 1. The van der Waals surface area contributed by atoms with Crippen LogP contribution in [0.15, 0.2) is 35.3 Å². The van der Waals surface area contributed by atoms with Crippen LogP contribution in [0.4, 0.5) is 0 Å². The normalized spacial score (nSPS) is 10.8. The molecule has 1 aromatic heterocycles. The van der Waals surface area contributed by atoms with Gasteiger partial charge in [0.1, 0.15) is 0 Å². The second-order valence-corrected chi connectivity index (χ2v) is 4.10. The highest BCUT2D eigenvalue weighted by Gasteiger charge is 2.12. The number of aryl methyl sites for hydroxylation is 1. The SMILES string of the molecule is O=c1ccn(CCCO)c2cc(B(O)O)ccc12. The minimum atomic E-state index is -1.56. The first kappa shape index (κ1) is 12.8. The van der Waals surface area contributed by atoms with Crippen LogP contribution < -0.4 is 10.9 Å². The predicted molar refractivity (Wildman–Crippen MR) is 69.7 cm³/mol. The molecule has 1 heterocycles. The lowest BCUT2D eigenvalue weighted by atomic mass is 9.80. The van der Waals surface area contributed by atoms with E-state index in [-0.39, 0.29) is 12.0 Å². The van der Waals surface area contributed by atoms with Crippen molar-refractivity contribution in [1.82, 2.24) is 4.57 Å². The number of aromatic nitrogens is 1. The Kier molecular flexibility index (Phi) is 3.81. The summed E-state index contributed by atoms with van der Waals surface area (Å²) in [4.78, 5) is 11.7. The maximum absolute atomic E-state index is 11.7. The zero-order valence-corrected chi connectivity index (χ0v) is 9.78. The Morgan fingerprint density at radius 1 is 1.22 bits per heavy atom. The first-order valence-corrected chi connectivity index (χ1v) is 5.73. The number of rotatable bonds is 4. The fourth-order valence-corrected chi connectivity index (χ4v) is 1.92. The molecule has 6 heteroatoms. The first-order chi connectivity index (χ1) is 8.63. The molecule has 0 spiro atoms. The Balaban J connectivity index is 2.60. The Morgan fingerprint density at radius 3 is 2.67 bits per heavy atom. The quantitative estimate of drug-likeness (QED) is 0.609. The van der Waals surface area contributed by atoms with Crippen LogP contribution >= 0.6 is 0 Å². The van der Waals surface area contributed by atoms with Gasteiger partial charge in [-0.05, 0) is 24.0 Å². The maximum Gasteiger partial charge on any atom is 0.488 e. The van der Waals surface area contributed by atoms with E-state index in [9.17, 15) is 4.79 Å². The van der Waals surface area contributed by atoms with E-state index in [1.165, 1.54) is 12.1 Å². The Hall–Kier alpha value is -1.63. The third-order valence-electron chi connectivity index (χ3n) is 2.86. The summed E-state index contributed by atoms with van der Waals surface area (Å²) in [6, 6.07) is 6.15. The van der Waals surface area contributed by atoms with Crippen LogP contribution in [0.25, 0.3) is 10.9 Å². The molecule has 94 valence electrons. The van der Waals surface area contributed by atoms with Crippen LogP contribution in [0.5, 0.6) is 0 Å². The topological polar surface area (TPSA) is 82.7 Å². The molecule has 0 radical (unpaired) electrons. The van der Waals surface area contributed by atoms with E-state index in [1.54, 1.807) is 18.3 Å². The van der Waals surface area contributed by atoms with Crippen molar-refractivity contribution in [2.24, 2.45) is 0 Å². The molecule has 3 N–H and O–H groups in total. The summed E-state index contributed by atoms with van der Waals surface area (Å²) in [6.45, 7) is 0.633. The summed E-state index contributed by atoms with van der Waals surface area (Å²) < 4.78 is 1.82. The fourth-order valence-electron chi connectivity index (χ4n) is 1.92. The van der Waals surface area contributed by atoms with E-state index in [0.717, 1.165) is 0 Å². The van der Waals surface area contributed by atoms with Crippen molar-refractivity contribution in [2.45, 2.75) is 13.0 Å². The molecule has 5 nitrogen and oxygen atoms in total. The van der Waals surface area contributed by atoms with Gasteiger partial charge in [0, 0.05) is 30.8 Å². The minimum absolute atomic E-state index is 0.0654. The Labute approximate surface area is 104 Å². The van der Waals surface area contributed by atoms with Crippen LogP contribution in [-0.4, -0.2) is 33.4 Å². The standard InChI is InChI=1S/C12H14BNO4/c15-7-1-5-14-6-4-12(16)10-3-2-9(13(17)18)8-11(10)14/h2-4,6,8,15,17-18H,1,5,7H2. The summed E-state index contributed by atoms with van der Waals surface area (Å²) in [5.74, 6) is 0. The van der Waals surface area contributed by atoms with E-state index in [4.69, 9.17) is 15.2 Å².